The van der Waals surface area contributed by atoms with Crippen LogP contribution >= 0.6 is 11.8 Å². The highest BCUT2D eigenvalue weighted by atomic mass is 32.2. The zero-order chi connectivity index (χ0) is 13.1. The van der Waals surface area contributed by atoms with E-state index < -0.39 is 0 Å². The van der Waals surface area contributed by atoms with Crippen molar-refractivity contribution < 1.29 is 4.42 Å². The first kappa shape index (κ1) is 12.2. The molecular formula is C16H15NOS. The number of nitrogens with one attached hydrogen (secondary N) is 1. The van der Waals surface area contributed by atoms with E-state index in [0.717, 1.165) is 22.4 Å². The van der Waals surface area contributed by atoms with Gasteiger partial charge in [-0.05, 0) is 42.7 Å². The molecule has 0 aliphatic carbocycles. The molecule has 0 amide bonds. The molecule has 0 unspecified atom stereocenters. The largest absolute Gasteiger partial charge is 0.459 e. The van der Waals surface area contributed by atoms with Gasteiger partial charge < -0.3 is 9.73 Å². The Morgan fingerprint density at radius 1 is 1.05 bits per heavy atom. The molecular weight excluding hydrogens is 254 g/mol. The van der Waals surface area contributed by atoms with Gasteiger partial charge in [0, 0.05) is 16.0 Å². The molecule has 3 aromatic rings. The average Bonchev–Trinajstić information content (AvgIpc) is 2.88. The third kappa shape index (κ3) is 2.76. The van der Waals surface area contributed by atoms with Gasteiger partial charge in [-0.1, -0.05) is 18.2 Å². The Labute approximate surface area is 116 Å². The van der Waals surface area contributed by atoms with Gasteiger partial charge in [0.25, 0.3) is 0 Å². The predicted octanol–water partition coefficient (Wildman–Crippen LogP) is 4.77. The number of rotatable bonds is 4. The van der Waals surface area contributed by atoms with Crippen molar-refractivity contribution in [2.75, 3.05) is 11.6 Å². The van der Waals surface area contributed by atoms with Gasteiger partial charge in [-0.25, -0.2) is 0 Å². The standard InChI is InChI=1S/C16H15NOS/c1-19-15-8-6-13(7-9-15)17-11-14-10-12-4-2-3-5-16(12)18-14/h2-10,17H,11H2,1H3. The molecule has 0 aliphatic rings. The second kappa shape index (κ2) is 5.41. The van der Waals surface area contributed by atoms with Gasteiger partial charge >= 0.3 is 0 Å². The number of benzene rings is 2. The van der Waals surface area contributed by atoms with Gasteiger partial charge in [-0.2, -0.15) is 0 Å². The summed E-state index contributed by atoms with van der Waals surface area (Å²) in [4.78, 5) is 1.27. The van der Waals surface area contributed by atoms with E-state index in [0.29, 0.717) is 6.54 Å². The summed E-state index contributed by atoms with van der Waals surface area (Å²) in [5.41, 5.74) is 2.05. The Morgan fingerprint density at radius 2 is 1.84 bits per heavy atom. The fraction of sp³-hybridized carbons (Fsp3) is 0.125. The molecule has 2 nitrogen and oxygen atoms in total. The minimum absolute atomic E-state index is 0.702. The molecule has 0 spiro atoms. The fourth-order valence-electron chi connectivity index (χ4n) is 2.02. The Hall–Kier alpha value is -1.87. The minimum atomic E-state index is 0.702. The lowest BCUT2D eigenvalue weighted by Crippen LogP contribution is -1.97. The van der Waals surface area contributed by atoms with E-state index in [1.54, 1.807) is 11.8 Å². The molecule has 3 rings (SSSR count). The van der Waals surface area contributed by atoms with Crippen LogP contribution < -0.4 is 5.32 Å². The highest BCUT2D eigenvalue weighted by Gasteiger charge is 2.02. The van der Waals surface area contributed by atoms with Crippen LogP contribution in [-0.4, -0.2) is 6.26 Å². The van der Waals surface area contributed by atoms with Crippen LogP contribution in [-0.2, 0) is 6.54 Å². The summed E-state index contributed by atoms with van der Waals surface area (Å²) in [7, 11) is 0. The summed E-state index contributed by atoms with van der Waals surface area (Å²) in [5, 5.41) is 4.52. The van der Waals surface area contributed by atoms with Gasteiger partial charge in [0.1, 0.15) is 11.3 Å². The molecule has 1 aromatic heterocycles. The lowest BCUT2D eigenvalue weighted by molar-refractivity contribution is 0.559. The summed E-state index contributed by atoms with van der Waals surface area (Å²) in [6.45, 7) is 0.702. The van der Waals surface area contributed by atoms with Crippen LogP contribution in [0.4, 0.5) is 5.69 Å². The topological polar surface area (TPSA) is 25.2 Å². The first-order valence-electron chi connectivity index (χ1n) is 6.20. The molecule has 19 heavy (non-hydrogen) atoms. The maximum Gasteiger partial charge on any atom is 0.134 e. The van der Waals surface area contributed by atoms with Crippen LogP contribution in [0.25, 0.3) is 11.0 Å². The van der Waals surface area contributed by atoms with E-state index in [2.05, 4.69) is 48.0 Å². The zero-order valence-corrected chi connectivity index (χ0v) is 11.5. The molecule has 3 heteroatoms. The van der Waals surface area contributed by atoms with Crippen molar-refractivity contribution in [3.63, 3.8) is 0 Å². The first-order chi connectivity index (χ1) is 9.35. The Bertz CT molecular complexity index is 640. The Balaban J connectivity index is 1.70. The van der Waals surface area contributed by atoms with Crippen molar-refractivity contribution in [3.8, 4) is 0 Å². The van der Waals surface area contributed by atoms with E-state index in [9.17, 15) is 0 Å². The van der Waals surface area contributed by atoms with Crippen molar-refractivity contribution >= 4 is 28.4 Å². The lowest BCUT2D eigenvalue weighted by atomic mass is 10.2. The minimum Gasteiger partial charge on any atom is -0.459 e. The van der Waals surface area contributed by atoms with E-state index >= 15 is 0 Å². The van der Waals surface area contributed by atoms with Crippen molar-refractivity contribution in [2.45, 2.75) is 11.4 Å². The van der Waals surface area contributed by atoms with Crippen molar-refractivity contribution in [2.24, 2.45) is 0 Å². The molecule has 0 fully saturated rings. The van der Waals surface area contributed by atoms with Gasteiger partial charge in [0.05, 0.1) is 6.54 Å². The second-order valence-corrected chi connectivity index (χ2v) is 5.21. The molecule has 1 heterocycles. The molecule has 0 saturated carbocycles. The number of para-hydroxylation sites is 1. The summed E-state index contributed by atoms with van der Waals surface area (Å²) < 4.78 is 5.77. The highest BCUT2D eigenvalue weighted by molar-refractivity contribution is 7.98. The number of anilines is 1. The third-order valence-corrected chi connectivity index (χ3v) is 3.78. The van der Waals surface area contributed by atoms with Crippen LogP contribution in [0, 0.1) is 0 Å². The van der Waals surface area contributed by atoms with Crippen molar-refractivity contribution in [3.05, 3.63) is 60.4 Å². The number of fused-ring (bicyclic) bond motifs is 1. The normalized spacial score (nSPS) is 10.8. The Morgan fingerprint density at radius 3 is 2.58 bits per heavy atom. The van der Waals surface area contributed by atoms with Crippen molar-refractivity contribution in [1.82, 2.24) is 0 Å². The van der Waals surface area contributed by atoms with Crippen LogP contribution in [0.3, 0.4) is 0 Å². The van der Waals surface area contributed by atoms with Crippen LogP contribution in [0.1, 0.15) is 5.76 Å². The first-order valence-corrected chi connectivity index (χ1v) is 7.43. The van der Waals surface area contributed by atoms with Crippen LogP contribution in [0.15, 0.2) is 63.9 Å². The second-order valence-electron chi connectivity index (χ2n) is 4.33. The smallest absolute Gasteiger partial charge is 0.134 e. The number of thioether (sulfide) groups is 1. The quantitative estimate of drug-likeness (QED) is 0.691. The van der Waals surface area contributed by atoms with Gasteiger partial charge in [0.2, 0.25) is 0 Å². The molecule has 2 aromatic carbocycles. The molecule has 0 radical (unpaired) electrons. The molecule has 0 bridgehead atoms. The molecule has 96 valence electrons. The van der Waals surface area contributed by atoms with Gasteiger partial charge in [-0.15, -0.1) is 11.8 Å². The van der Waals surface area contributed by atoms with Crippen LogP contribution in [0.5, 0.6) is 0 Å². The lowest BCUT2D eigenvalue weighted by Gasteiger charge is -2.04. The van der Waals surface area contributed by atoms with E-state index in [1.807, 2.05) is 18.2 Å². The maximum absolute atomic E-state index is 5.77. The maximum atomic E-state index is 5.77. The third-order valence-electron chi connectivity index (χ3n) is 3.03. The predicted molar refractivity (Wildman–Crippen MR) is 81.8 cm³/mol. The fourth-order valence-corrected chi connectivity index (χ4v) is 2.43. The van der Waals surface area contributed by atoms with Gasteiger partial charge in [0.15, 0.2) is 0 Å². The molecule has 0 saturated heterocycles. The van der Waals surface area contributed by atoms with Gasteiger partial charge in [-0.3, -0.25) is 0 Å². The zero-order valence-electron chi connectivity index (χ0n) is 10.7. The van der Waals surface area contributed by atoms with E-state index in [1.165, 1.54) is 4.90 Å². The SMILES string of the molecule is CSc1ccc(NCc2cc3ccccc3o2)cc1. The number of hydrogen-bond donors (Lipinski definition) is 1. The summed E-state index contributed by atoms with van der Waals surface area (Å²) >= 11 is 1.75. The summed E-state index contributed by atoms with van der Waals surface area (Å²) in [5.74, 6) is 0.954. The molecule has 0 atom stereocenters. The highest BCUT2D eigenvalue weighted by Crippen LogP contribution is 2.21. The summed E-state index contributed by atoms with van der Waals surface area (Å²) in [6, 6.07) is 18.6. The Kier molecular flexibility index (Phi) is 3.47. The van der Waals surface area contributed by atoms with E-state index in [-0.39, 0.29) is 0 Å². The number of furan rings is 1. The molecule has 1 N–H and O–H groups in total. The summed E-state index contributed by atoms with van der Waals surface area (Å²) in [6.07, 6.45) is 2.08. The molecule has 0 aliphatic heterocycles. The van der Waals surface area contributed by atoms with Crippen LogP contribution in [0.2, 0.25) is 0 Å². The van der Waals surface area contributed by atoms with E-state index in [4.69, 9.17) is 4.42 Å². The number of hydrogen-bond acceptors (Lipinski definition) is 3. The average molecular weight is 269 g/mol. The monoisotopic (exact) mass is 269 g/mol. The van der Waals surface area contributed by atoms with Crippen molar-refractivity contribution in [1.29, 1.82) is 0 Å².